The Hall–Kier alpha value is -2.63. The lowest BCUT2D eigenvalue weighted by molar-refractivity contribution is 0.282. The average molecular weight is 498 g/mol. The van der Waals surface area contributed by atoms with Crippen LogP contribution in [-0.4, -0.2) is 12.1 Å². The standard InChI is InChI=1S/C22H15IN2O2S/c1-26-19-11-16(22-25-18-8-4-5-9-20(18)28-22)10-17(23)21(19)27-13-15-7-3-2-6-14(15)12-24/h2-11H,13H2,1H3. The molecule has 0 N–H and O–H groups in total. The van der Waals surface area contributed by atoms with Gasteiger partial charge in [-0.1, -0.05) is 30.3 Å². The van der Waals surface area contributed by atoms with E-state index in [2.05, 4.69) is 34.7 Å². The summed E-state index contributed by atoms with van der Waals surface area (Å²) in [6, 6.07) is 21.7. The third-order valence-corrected chi connectivity index (χ3v) is 6.17. The van der Waals surface area contributed by atoms with Gasteiger partial charge in [0.2, 0.25) is 0 Å². The summed E-state index contributed by atoms with van der Waals surface area (Å²) in [5, 5.41) is 10.2. The van der Waals surface area contributed by atoms with Gasteiger partial charge in [-0.3, -0.25) is 0 Å². The molecule has 1 aromatic heterocycles. The predicted molar refractivity (Wildman–Crippen MR) is 120 cm³/mol. The summed E-state index contributed by atoms with van der Waals surface area (Å²) in [6.45, 7) is 0.302. The van der Waals surface area contributed by atoms with Crippen LogP contribution in [0.2, 0.25) is 0 Å². The van der Waals surface area contributed by atoms with Crippen LogP contribution in [0, 0.1) is 14.9 Å². The van der Waals surface area contributed by atoms with Crippen molar-refractivity contribution >= 4 is 44.1 Å². The number of halogens is 1. The van der Waals surface area contributed by atoms with Crippen molar-refractivity contribution in [3.63, 3.8) is 0 Å². The Morgan fingerprint density at radius 3 is 2.68 bits per heavy atom. The molecule has 4 rings (SSSR count). The highest BCUT2D eigenvalue weighted by Gasteiger charge is 2.15. The van der Waals surface area contributed by atoms with E-state index in [-0.39, 0.29) is 0 Å². The fourth-order valence-corrected chi connectivity index (χ4v) is 4.59. The minimum absolute atomic E-state index is 0.302. The summed E-state index contributed by atoms with van der Waals surface area (Å²) >= 11 is 3.90. The van der Waals surface area contributed by atoms with Gasteiger partial charge in [-0.15, -0.1) is 11.3 Å². The number of thiazole rings is 1. The lowest BCUT2D eigenvalue weighted by atomic mass is 10.1. The van der Waals surface area contributed by atoms with E-state index in [9.17, 15) is 5.26 Å². The van der Waals surface area contributed by atoms with Gasteiger partial charge in [0, 0.05) is 11.1 Å². The molecule has 0 atom stereocenters. The lowest BCUT2D eigenvalue weighted by Gasteiger charge is -2.14. The Labute approximate surface area is 180 Å². The SMILES string of the molecule is COc1cc(-c2nc3ccccc3s2)cc(I)c1OCc1ccccc1C#N. The number of ether oxygens (including phenoxy) is 2. The Morgan fingerprint density at radius 2 is 1.89 bits per heavy atom. The fraction of sp³-hybridized carbons (Fsp3) is 0.0909. The van der Waals surface area contributed by atoms with E-state index in [1.807, 2.05) is 48.5 Å². The molecule has 6 heteroatoms. The van der Waals surface area contributed by atoms with Crippen LogP contribution in [0.25, 0.3) is 20.8 Å². The van der Waals surface area contributed by atoms with E-state index in [4.69, 9.17) is 14.5 Å². The first kappa shape index (κ1) is 18.7. The smallest absolute Gasteiger partial charge is 0.174 e. The summed E-state index contributed by atoms with van der Waals surface area (Å²) < 4.78 is 13.7. The number of aromatic nitrogens is 1. The van der Waals surface area contributed by atoms with Crippen LogP contribution in [0.4, 0.5) is 0 Å². The van der Waals surface area contributed by atoms with Crippen molar-refractivity contribution in [2.24, 2.45) is 0 Å². The zero-order valence-electron chi connectivity index (χ0n) is 15.0. The maximum atomic E-state index is 9.26. The number of nitrogens with zero attached hydrogens (tertiary/aromatic N) is 2. The van der Waals surface area contributed by atoms with E-state index in [1.54, 1.807) is 24.5 Å². The van der Waals surface area contributed by atoms with Gasteiger partial charge >= 0.3 is 0 Å². The Bertz CT molecular complexity index is 1160. The summed E-state index contributed by atoms with van der Waals surface area (Å²) in [6.07, 6.45) is 0. The highest BCUT2D eigenvalue weighted by molar-refractivity contribution is 14.1. The van der Waals surface area contributed by atoms with Crippen LogP contribution in [0.1, 0.15) is 11.1 Å². The monoisotopic (exact) mass is 498 g/mol. The fourth-order valence-electron chi connectivity index (χ4n) is 2.88. The average Bonchev–Trinajstić information content (AvgIpc) is 3.17. The van der Waals surface area contributed by atoms with Crippen LogP contribution in [0.15, 0.2) is 60.7 Å². The Kier molecular flexibility index (Phi) is 5.46. The number of hydrogen-bond acceptors (Lipinski definition) is 5. The van der Waals surface area contributed by atoms with E-state index < -0.39 is 0 Å². The lowest BCUT2D eigenvalue weighted by Crippen LogP contribution is -2.01. The number of fused-ring (bicyclic) bond motifs is 1. The van der Waals surface area contributed by atoms with Crippen LogP contribution in [0.5, 0.6) is 11.5 Å². The molecule has 28 heavy (non-hydrogen) atoms. The topological polar surface area (TPSA) is 55.1 Å². The van der Waals surface area contributed by atoms with Crippen molar-refractivity contribution in [2.75, 3.05) is 7.11 Å². The van der Waals surface area contributed by atoms with Crippen molar-refractivity contribution in [1.29, 1.82) is 5.26 Å². The summed E-state index contributed by atoms with van der Waals surface area (Å²) in [7, 11) is 1.63. The number of para-hydroxylation sites is 1. The molecule has 3 aromatic carbocycles. The molecule has 0 fully saturated rings. The van der Waals surface area contributed by atoms with E-state index >= 15 is 0 Å². The third kappa shape index (κ3) is 3.68. The van der Waals surface area contributed by atoms with Gasteiger partial charge in [0.05, 0.1) is 32.5 Å². The number of benzene rings is 3. The first-order valence-electron chi connectivity index (χ1n) is 8.54. The molecule has 0 aliphatic rings. The quantitative estimate of drug-likeness (QED) is 0.316. The molecule has 0 unspecified atom stereocenters. The molecule has 0 radical (unpaired) electrons. The van der Waals surface area contributed by atoms with Crippen molar-refractivity contribution in [3.8, 4) is 28.1 Å². The number of rotatable bonds is 5. The second-order valence-electron chi connectivity index (χ2n) is 6.03. The maximum absolute atomic E-state index is 9.26. The molecule has 0 aliphatic heterocycles. The zero-order valence-corrected chi connectivity index (χ0v) is 18.0. The van der Waals surface area contributed by atoms with Crippen molar-refractivity contribution in [2.45, 2.75) is 6.61 Å². The van der Waals surface area contributed by atoms with Gasteiger partial charge in [-0.05, 0) is 52.9 Å². The number of nitriles is 1. The van der Waals surface area contributed by atoms with Gasteiger partial charge < -0.3 is 9.47 Å². The first-order chi connectivity index (χ1) is 13.7. The third-order valence-electron chi connectivity index (χ3n) is 4.28. The number of hydrogen-bond donors (Lipinski definition) is 0. The van der Waals surface area contributed by atoms with Gasteiger partial charge in [0.25, 0.3) is 0 Å². The van der Waals surface area contributed by atoms with Crippen molar-refractivity contribution in [1.82, 2.24) is 4.98 Å². The predicted octanol–water partition coefficient (Wildman–Crippen LogP) is 6.03. The maximum Gasteiger partial charge on any atom is 0.174 e. The second-order valence-corrected chi connectivity index (χ2v) is 8.23. The largest absolute Gasteiger partial charge is 0.493 e. The van der Waals surface area contributed by atoms with E-state index in [0.717, 1.165) is 29.9 Å². The molecule has 0 amide bonds. The van der Waals surface area contributed by atoms with Gasteiger partial charge in [-0.2, -0.15) is 5.26 Å². The van der Waals surface area contributed by atoms with Crippen LogP contribution >= 0.6 is 33.9 Å². The first-order valence-corrected chi connectivity index (χ1v) is 10.4. The van der Waals surface area contributed by atoms with Crippen molar-refractivity contribution in [3.05, 3.63) is 75.4 Å². The molecular formula is C22H15IN2O2S. The highest BCUT2D eigenvalue weighted by Crippen LogP contribution is 2.39. The number of methoxy groups -OCH3 is 1. The van der Waals surface area contributed by atoms with Gasteiger partial charge in [0.15, 0.2) is 11.5 Å². The highest BCUT2D eigenvalue weighted by atomic mass is 127. The van der Waals surface area contributed by atoms with Crippen LogP contribution in [0.3, 0.4) is 0 Å². The molecule has 0 bridgehead atoms. The summed E-state index contributed by atoms with van der Waals surface area (Å²) in [5.41, 5.74) is 3.44. The van der Waals surface area contributed by atoms with Crippen LogP contribution in [-0.2, 0) is 6.61 Å². The molecule has 0 spiro atoms. The second kappa shape index (κ2) is 8.17. The van der Waals surface area contributed by atoms with E-state index in [1.165, 1.54) is 0 Å². The van der Waals surface area contributed by atoms with Crippen LogP contribution < -0.4 is 9.47 Å². The van der Waals surface area contributed by atoms with Gasteiger partial charge in [0.1, 0.15) is 11.6 Å². The molecular weight excluding hydrogens is 483 g/mol. The molecule has 0 saturated carbocycles. The molecule has 0 aliphatic carbocycles. The molecule has 138 valence electrons. The molecule has 4 aromatic rings. The summed E-state index contributed by atoms with van der Waals surface area (Å²) in [4.78, 5) is 4.73. The normalized spacial score (nSPS) is 10.6. The van der Waals surface area contributed by atoms with E-state index in [0.29, 0.717) is 23.7 Å². The minimum Gasteiger partial charge on any atom is -0.493 e. The molecule has 0 saturated heterocycles. The zero-order chi connectivity index (χ0) is 19.5. The Morgan fingerprint density at radius 1 is 1.11 bits per heavy atom. The minimum atomic E-state index is 0.302. The van der Waals surface area contributed by atoms with Gasteiger partial charge in [-0.25, -0.2) is 4.98 Å². The molecule has 4 nitrogen and oxygen atoms in total. The molecule has 1 heterocycles. The Balaban J connectivity index is 1.67. The van der Waals surface area contributed by atoms with Crippen molar-refractivity contribution < 1.29 is 9.47 Å². The summed E-state index contributed by atoms with van der Waals surface area (Å²) in [5.74, 6) is 1.32.